The van der Waals surface area contributed by atoms with Crippen molar-refractivity contribution in [1.82, 2.24) is 4.98 Å². The molecule has 0 amide bonds. The lowest BCUT2D eigenvalue weighted by Gasteiger charge is -2.06. The van der Waals surface area contributed by atoms with E-state index in [9.17, 15) is 4.39 Å². The molecule has 0 fully saturated rings. The number of aromatic nitrogens is 1. The van der Waals surface area contributed by atoms with E-state index in [0.29, 0.717) is 15.7 Å². The summed E-state index contributed by atoms with van der Waals surface area (Å²) in [6.07, 6.45) is 0. The molecule has 0 radical (unpaired) electrons. The van der Waals surface area contributed by atoms with Crippen LogP contribution in [0.1, 0.15) is 0 Å². The molecule has 0 saturated carbocycles. The Morgan fingerprint density at radius 2 is 1.94 bits per heavy atom. The largest absolute Gasteiger partial charge is 0.373 e. The molecule has 0 bridgehead atoms. The molecule has 2 nitrogen and oxygen atoms in total. The first kappa shape index (κ1) is 11.1. The van der Waals surface area contributed by atoms with Crippen LogP contribution in [0.2, 0.25) is 0 Å². The summed E-state index contributed by atoms with van der Waals surface area (Å²) < 4.78 is 14.3. The molecule has 0 spiro atoms. The summed E-state index contributed by atoms with van der Waals surface area (Å²) in [5.41, 5.74) is 1.11. The van der Waals surface area contributed by atoms with Crippen molar-refractivity contribution in [2.75, 3.05) is 12.4 Å². The van der Waals surface area contributed by atoms with Crippen LogP contribution in [-0.2, 0) is 0 Å². The second-order valence-corrected chi connectivity index (χ2v) is 4.11. The summed E-state index contributed by atoms with van der Waals surface area (Å²) in [4.78, 5) is 4.29. The van der Waals surface area contributed by atoms with Gasteiger partial charge in [-0.3, -0.25) is 0 Å². The molecule has 16 heavy (non-hydrogen) atoms. The van der Waals surface area contributed by atoms with Crippen molar-refractivity contribution < 1.29 is 4.39 Å². The summed E-state index contributed by atoms with van der Waals surface area (Å²) in [5, 5.41) is 2.93. The molecule has 1 N–H and O–H groups in total. The van der Waals surface area contributed by atoms with Gasteiger partial charge < -0.3 is 5.32 Å². The van der Waals surface area contributed by atoms with Gasteiger partial charge in [0.2, 0.25) is 0 Å². The number of hydrogen-bond acceptors (Lipinski definition) is 2. The molecule has 0 aliphatic rings. The quantitative estimate of drug-likeness (QED) is 0.908. The zero-order valence-corrected chi connectivity index (χ0v) is 10.3. The fourth-order valence-electron chi connectivity index (χ4n) is 1.43. The zero-order valence-electron chi connectivity index (χ0n) is 8.67. The minimum Gasteiger partial charge on any atom is -0.373 e. The Hall–Kier alpha value is -1.42. The first-order chi connectivity index (χ1) is 7.72. The van der Waals surface area contributed by atoms with E-state index in [1.165, 1.54) is 0 Å². The number of hydrogen-bond donors (Lipinski definition) is 1. The van der Waals surface area contributed by atoms with E-state index in [1.807, 2.05) is 12.1 Å². The Labute approximate surface area is 102 Å². The van der Waals surface area contributed by atoms with E-state index in [0.717, 1.165) is 5.82 Å². The third-order valence-corrected chi connectivity index (χ3v) is 2.85. The molecule has 0 aliphatic heterocycles. The van der Waals surface area contributed by atoms with E-state index in [1.54, 1.807) is 31.3 Å². The van der Waals surface area contributed by atoms with E-state index in [4.69, 9.17) is 0 Å². The number of benzene rings is 1. The van der Waals surface area contributed by atoms with Crippen molar-refractivity contribution in [3.8, 4) is 11.3 Å². The fourth-order valence-corrected chi connectivity index (χ4v) is 1.79. The highest BCUT2D eigenvalue weighted by molar-refractivity contribution is 9.10. The van der Waals surface area contributed by atoms with Crippen LogP contribution < -0.4 is 5.32 Å². The maximum Gasteiger partial charge on any atom is 0.146 e. The Morgan fingerprint density at radius 3 is 2.69 bits per heavy atom. The first-order valence-corrected chi connectivity index (χ1v) is 5.61. The van der Waals surface area contributed by atoms with Crippen LogP contribution in [0, 0.1) is 5.82 Å². The van der Waals surface area contributed by atoms with Crippen LogP contribution in [0.3, 0.4) is 0 Å². The van der Waals surface area contributed by atoms with Gasteiger partial charge in [0.15, 0.2) is 0 Å². The highest BCUT2D eigenvalue weighted by atomic mass is 79.9. The molecular formula is C12H10BrFN2. The van der Waals surface area contributed by atoms with Gasteiger partial charge in [-0.15, -0.1) is 0 Å². The van der Waals surface area contributed by atoms with Gasteiger partial charge in [0.1, 0.15) is 11.6 Å². The fraction of sp³-hybridized carbons (Fsp3) is 0.0833. The third kappa shape index (κ3) is 2.07. The van der Waals surface area contributed by atoms with Crippen molar-refractivity contribution in [2.45, 2.75) is 0 Å². The molecule has 2 rings (SSSR count). The topological polar surface area (TPSA) is 24.9 Å². The Bertz CT molecular complexity index is 514. The number of nitrogens with one attached hydrogen (secondary N) is 1. The van der Waals surface area contributed by atoms with Gasteiger partial charge in [0.25, 0.3) is 0 Å². The van der Waals surface area contributed by atoms with Crippen LogP contribution in [0.5, 0.6) is 0 Å². The van der Waals surface area contributed by atoms with Crippen LogP contribution in [-0.4, -0.2) is 12.0 Å². The lowest BCUT2D eigenvalue weighted by Crippen LogP contribution is -1.94. The molecule has 1 aromatic carbocycles. The number of pyridine rings is 1. The monoisotopic (exact) mass is 280 g/mol. The van der Waals surface area contributed by atoms with Crippen molar-refractivity contribution >= 4 is 21.7 Å². The van der Waals surface area contributed by atoms with Gasteiger partial charge in [0.05, 0.1) is 10.2 Å². The summed E-state index contributed by atoms with van der Waals surface area (Å²) in [7, 11) is 1.78. The van der Waals surface area contributed by atoms with E-state index >= 15 is 0 Å². The first-order valence-electron chi connectivity index (χ1n) is 4.81. The SMILES string of the molecule is CNc1cccc(-c2cccc(Br)c2F)n1. The average Bonchev–Trinajstić information content (AvgIpc) is 2.33. The minimum absolute atomic E-state index is 0.289. The van der Waals surface area contributed by atoms with Crippen LogP contribution >= 0.6 is 15.9 Å². The van der Waals surface area contributed by atoms with Crippen molar-refractivity contribution in [3.05, 3.63) is 46.7 Å². The van der Waals surface area contributed by atoms with Gasteiger partial charge in [-0.25, -0.2) is 9.37 Å². The van der Waals surface area contributed by atoms with Crippen LogP contribution in [0.4, 0.5) is 10.2 Å². The lowest BCUT2D eigenvalue weighted by atomic mass is 10.1. The molecule has 82 valence electrons. The molecule has 0 saturated heterocycles. The minimum atomic E-state index is -0.289. The second kappa shape index (κ2) is 4.61. The highest BCUT2D eigenvalue weighted by Crippen LogP contribution is 2.26. The normalized spacial score (nSPS) is 10.2. The van der Waals surface area contributed by atoms with Gasteiger partial charge in [0, 0.05) is 12.6 Å². The highest BCUT2D eigenvalue weighted by Gasteiger charge is 2.09. The molecular weight excluding hydrogens is 271 g/mol. The van der Waals surface area contributed by atoms with Crippen molar-refractivity contribution in [3.63, 3.8) is 0 Å². The Morgan fingerprint density at radius 1 is 1.19 bits per heavy atom. The summed E-state index contributed by atoms with van der Waals surface area (Å²) in [5.74, 6) is 0.431. The maximum atomic E-state index is 13.8. The van der Waals surface area contributed by atoms with Crippen molar-refractivity contribution in [2.24, 2.45) is 0 Å². The average molecular weight is 281 g/mol. The standard InChI is InChI=1S/C12H10BrFN2/c1-15-11-7-3-6-10(16-11)8-4-2-5-9(13)12(8)14/h2-7H,1H3,(H,15,16). The zero-order chi connectivity index (χ0) is 11.5. The molecule has 1 heterocycles. The molecule has 0 unspecified atom stereocenters. The molecule has 0 atom stereocenters. The number of anilines is 1. The predicted octanol–water partition coefficient (Wildman–Crippen LogP) is 3.69. The number of rotatable bonds is 2. The Balaban J connectivity index is 2.54. The summed E-state index contributed by atoms with van der Waals surface area (Å²) in [6.45, 7) is 0. The van der Waals surface area contributed by atoms with E-state index < -0.39 is 0 Å². The second-order valence-electron chi connectivity index (χ2n) is 3.26. The third-order valence-electron chi connectivity index (χ3n) is 2.23. The smallest absolute Gasteiger partial charge is 0.146 e. The summed E-state index contributed by atoms with van der Waals surface area (Å²) in [6, 6.07) is 10.6. The molecule has 0 aliphatic carbocycles. The molecule has 1 aromatic heterocycles. The van der Waals surface area contributed by atoms with Gasteiger partial charge in [-0.05, 0) is 40.2 Å². The number of nitrogens with zero attached hydrogens (tertiary/aromatic N) is 1. The molecule has 2 aromatic rings. The van der Waals surface area contributed by atoms with Gasteiger partial charge in [-0.2, -0.15) is 0 Å². The van der Waals surface area contributed by atoms with Gasteiger partial charge in [-0.1, -0.05) is 12.1 Å². The van der Waals surface area contributed by atoms with Crippen LogP contribution in [0.15, 0.2) is 40.9 Å². The van der Waals surface area contributed by atoms with Crippen LogP contribution in [0.25, 0.3) is 11.3 Å². The number of halogens is 2. The van der Waals surface area contributed by atoms with Gasteiger partial charge >= 0.3 is 0 Å². The summed E-state index contributed by atoms with van der Waals surface area (Å²) >= 11 is 3.16. The Kier molecular flexibility index (Phi) is 3.19. The predicted molar refractivity (Wildman–Crippen MR) is 66.9 cm³/mol. The van der Waals surface area contributed by atoms with Crippen molar-refractivity contribution in [1.29, 1.82) is 0 Å². The lowest BCUT2D eigenvalue weighted by molar-refractivity contribution is 0.624. The van der Waals surface area contributed by atoms with E-state index in [-0.39, 0.29) is 5.82 Å². The maximum absolute atomic E-state index is 13.8. The van der Waals surface area contributed by atoms with E-state index in [2.05, 4.69) is 26.2 Å². The molecule has 4 heteroatoms.